The van der Waals surface area contributed by atoms with E-state index in [0.29, 0.717) is 41.6 Å². The van der Waals surface area contributed by atoms with Gasteiger partial charge in [0.25, 0.3) is 5.91 Å². The van der Waals surface area contributed by atoms with Crippen molar-refractivity contribution in [2.75, 3.05) is 26.9 Å². The number of carbonyl (C=O) groups is 3. The van der Waals surface area contributed by atoms with Gasteiger partial charge in [-0.3, -0.25) is 14.5 Å². The van der Waals surface area contributed by atoms with Crippen molar-refractivity contribution in [3.63, 3.8) is 0 Å². The van der Waals surface area contributed by atoms with Crippen LogP contribution in [-0.4, -0.2) is 49.5 Å². The molecule has 150 valence electrons. The number of carbonyl (C=O) groups excluding carboxylic acids is 3. The lowest BCUT2D eigenvalue weighted by Gasteiger charge is -2.25. The molecule has 4 rings (SSSR count). The van der Waals surface area contributed by atoms with Crippen LogP contribution in [0.2, 0.25) is 0 Å². The fourth-order valence-corrected chi connectivity index (χ4v) is 3.49. The normalized spacial score (nSPS) is 20.4. The summed E-state index contributed by atoms with van der Waals surface area (Å²) in [7, 11) is 1.46. The van der Waals surface area contributed by atoms with E-state index in [1.54, 1.807) is 49.4 Å². The smallest absolute Gasteiger partial charge is 0.325 e. The summed E-state index contributed by atoms with van der Waals surface area (Å²) in [5.41, 5.74) is -0.454. The van der Waals surface area contributed by atoms with E-state index in [1.165, 1.54) is 7.11 Å². The van der Waals surface area contributed by atoms with Crippen molar-refractivity contribution in [2.45, 2.75) is 12.5 Å². The molecule has 0 radical (unpaired) electrons. The summed E-state index contributed by atoms with van der Waals surface area (Å²) in [5, 5.41) is 2.70. The predicted molar refractivity (Wildman–Crippen MR) is 102 cm³/mol. The Morgan fingerprint density at radius 2 is 1.86 bits per heavy atom. The number of ether oxygens (including phenoxy) is 3. The Balaban J connectivity index is 1.59. The maximum atomic E-state index is 13.1. The molecule has 2 aliphatic rings. The summed E-state index contributed by atoms with van der Waals surface area (Å²) in [6.07, 6.45) is 0. The van der Waals surface area contributed by atoms with E-state index >= 15 is 0 Å². The van der Waals surface area contributed by atoms with Crippen LogP contribution in [0, 0.1) is 0 Å². The number of benzene rings is 2. The van der Waals surface area contributed by atoms with Gasteiger partial charge in [-0.15, -0.1) is 0 Å². The number of nitrogens with one attached hydrogen (secondary N) is 1. The summed E-state index contributed by atoms with van der Waals surface area (Å²) < 4.78 is 16.3. The van der Waals surface area contributed by atoms with Crippen molar-refractivity contribution < 1.29 is 28.6 Å². The van der Waals surface area contributed by atoms with E-state index in [1.807, 2.05) is 0 Å². The number of ketones is 1. The predicted octanol–water partition coefficient (Wildman–Crippen LogP) is 2.12. The molecule has 1 saturated heterocycles. The van der Waals surface area contributed by atoms with Crippen LogP contribution in [0.5, 0.6) is 17.2 Å². The van der Waals surface area contributed by atoms with Crippen molar-refractivity contribution in [1.82, 2.24) is 10.2 Å². The molecule has 3 amide bonds. The van der Waals surface area contributed by atoms with Gasteiger partial charge in [0, 0.05) is 0 Å². The molecule has 2 aromatic carbocycles. The molecule has 2 aromatic rings. The highest BCUT2D eigenvalue weighted by molar-refractivity contribution is 6.11. The number of Topliss-reactive ketones (excluding diaryl/α,β-unsaturated/α-hetero) is 1. The molecule has 1 fully saturated rings. The van der Waals surface area contributed by atoms with Gasteiger partial charge in [-0.05, 0) is 36.8 Å². The van der Waals surface area contributed by atoms with Crippen LogP contribution in [0.1, 0.15) is 22.8 Å². The summed E-state index contributed by atoms with van der Waals surface area (Å²) in [5.74, 6) is 0.586. The highest BCUT2D eigenvalue weighted by Crippen LogP contribution is 2.37. The van der Waals surface area contributed by atoms with Gasteiger partial charge >= 0.3 is 6.03 Å². The molecule has 0 aliphatic carbocycles. The average Bonchev–Trinajstić information content (AvgIpc) is 2.97. The molecule has 0 saturated carbocycles. The Morgan fingerprint density at radius 1 is 1.14 bits per heavy atom. The molecule has 8 heteroatoms. The van der Waals surface area contributed by atoms with Gasteiger partial charge in [-0.25, -0.2) is 4.79 Å². The lowest BCUT2D eigenvalue weighted by Crippen LogP contribution is -2.41. The third-order valence-corrected chi connectivity index (χ3v) is 5.10. The van der Waals surface area contributed by atoms with E-state index < -0.39 is 23.3 Å². The second-order valence-corrected chi connectivity index (χ2v) is 6.93. The molecule has 2 heterocycles. The Labute approximate surface area is 167 Å². The first-order valence-electron chi connectivity index (χ1n) is 9.14. The zero-order valence-electron chi connectivity index (χ0n) is 16.1. The quantitative estimate of drug-likeness (QED) is 0.615. The highest BCUT2D eigenvalue weighted by Gasteiger charge is 2.50. The van der Waals surface area contributed by atoms with Crippen LogP contribution in [-0.2, 0) is 10.3 Å². The van der Waals surface area contributed by atoms with Gasteiger partial charge in [0.2, 0.25) is 0 Å². The number of nitrogens with zero attached hydrogens (tertiary/aromatic N) is 1. The van der Waals surface area contributed by atoms with E-state index in [-0.39, 0.29) is 6.54 Å². The van der Waals surface area contributed by atoms with Crippen LogP contribution in [0.25, 0.3) is 0 Å². The maximum absolute atomic E-state index is 13.1. The molecule has 0 spiro atoms. The Hall–Kier alpha value is -3.55. The monoisotopic (exact) mass is 396 g/mol. The van der Waals surface area contributed by atoms with Crippen LogP contribution in [0.4, 0.5) is 4.79 Å². The Bertz CT molecular complexity index is 1000. The highest BCUT2D eigenvalue weighted by atomic mass is 16.6. The zero-order valence-corrected chi connectivity index (χ0v) is 16.1. The van der Waals surface area contributed by atoms with Crippen molar-refractivity contribution in [3.8, 4) is 17.2 Å². The van der Waals surface area contributed by atoms with E-state index in [4.69, 9.17) is 14.2 Å². The molecule has 29 heavy (non-hydrogen) atoms. The first kappa shape index (κ1) is 18.8. The van der Waals surface area contributed by atoms with Crippen LogP contribution >= 0.6 is 0 Å². The number of amides is 3. The number of hydrogen-bond acceptors (Lipinski definition) is 6. The number of para-hydroxylation sites is 1. The average molecular weight is 396 g/mol. The molecular weight excluding hydrogens is 376 g/mol. The van der Waals surface area contributed by atoms with Gasteiger partial charge in [0.1, 0.15) is 24.5 Å². The third-order valence-electron chi connectivity index (χ3n) is 5.10. The summed E-state index contributed by atoms with van der Waals surface area (Å²) in [6.45, 7) is 2.09. The molecular formula is C21H20N2O6. The topological polar surface area (TPSA) is 94.2 Å². The molecule has 8 nitrogen and oxygen atoms in total. The second kappa shape index (κ2) is 7.12. The Morgan fingerprint density at radius 3 is 2.62 bits per heavy atom. The SMILES string of the molecule is COc1ccccc1C(=O)CN1C(=O)N[C@](C)(c2ccc3c(c2)OCCO3)C1=O. The van der Waals surface area contributed by atoms with Crippen molar-refractivity contribution in [3.05, 3.63) is 53.6 Å². The number of urea groups is 1. The number of fused-ring (bicyclic) bond motifs is 1. The summed E-state index contributed by atoms with van der Waals surface area (Å²) in [6, 6.07) is 11.1. The number of methoxy groups -OCH3 is 1. The molecule has 0 aromatic heterocycles. The zero-order chi connectivity index (χ0) is 20.6. The fraction of sp³-hybridized carbons (Fsp3) is 0.286. The van der Waals surface area contributed by atoms with Gasteiger partial charge < -0.3 is 19.5 Å². The first-order valence-corrected chi connectivity index (χ1v) is 9.14. The van der Waals surface area contributed by atoms with Crippen LogP contribution in [0.3, 0.4) is 0 Å². The lowest BCUT2D eigenvalue weighted by atomic mass is 9.91. The van der Waals surface area contributed by atoms with Crippen molar-refractivity contribution >= 4 is 17.7 Å². The minimum Gasteiger partial charge on any atom is -0.496 e. The van der Waals surface area contributed by atoms with Crippen LogP contribution < -0.4 is 19.5 Å². The number of hydrogen-bond donors (Lipinski definition) is 1. The molecule has 0 bridgehead atoms. The maximum Gasteiger partial charge on any atom is 0.325 e. The second-order valence-electron chi connectivity index (χ2n) is 6.93. The molecule has 0 unspecified atom stereocenters. The van der Waals surface area contributed by atoms with Crippen molar-refractivity contribution in [1.29, 1.82) is 0 Å². The molecule has 1 N–H and O–H groups in total. The number of imide groups is 1. The minimum absolute atomic E-state index is 0.309. The fourth-order valence-electron chi connectivity index (χ4n) is 3.49. The van der Waals surface area contributed by atoms with Gasteiger partial charge in [0.15, 0.2) is 17.3 Å². The van der Waals surface area contributed by atoms with Crippen LogP contribution in [0.15, 0.2) is 42.5 Å². The third kappa shape index (κ3) is 3.16. The summed E-state index contributed by atoms with van der Waals surface area (Å²) in [4.78, 5) is 39.3. The minimum atomic E-state index is -1.31. The molecule has 2 aliphatic heterocycles. The lowest BCUT2D eigenvalue weighted by molar-refractivity contribution is -0.130. The van der Waals surface area contributed by atoms with Gasteiger partial charge in [0.05, 0.1) is 19.2 Å². The Kier molecular flexibility index (Phi) is 4.62. The first-order chi connectivity index (χ1) is 13.9. The van der Waals surface area contributed by atoms with Gasteiger partial charge in [-0.2, -0.15) is 0 Å². The van der Waals surface area contributed by atoms with Gasteiger partial charge in [-0.1, -0.05) is 18.2 Å². The molecule has 1 atom stereocenters. The van der Waals surface area contributed by atoms with E-state index in [0.717, 1.165) is 4.90 Å². The standard InChI is InChI=1S/C21H20N2O6/c1-21(13-7-8-17-18(11-13)29-10-9-28-17)19(25)23(20(26)22-21)12-15(24)14-5-3-4-6-16(14)27-2/h3-8,11H,9-10,12H2,1-2H3,(H,22,26)/t21-/m1/s1. The summed E-state index contributed by atoms with van der Waals surface area (Å²) >= 11 is 0. The van der Waals surface area contributed by atoms with E-state index in [9.17, 15) is 14.4 Å². The number of rotatable bonds is 5. The van der Waals surface area contributed by atoms with Crippen molar-refractivity contribution in [2.24, 2.45) is 0 Å². The van der Waals surface area contributed by atoms with E-state index in [2.05, 4.69) is 5.32 Å². The largest absolute Gasteiger partial charge is 0.496 e.